The van der Waals surface area contributed by atoms with Crippen molar-refractivity contribution in [1.82, 2.24) is 15.5 Å². The van der Waals surface area contributed by atoms with Gasteiger partial charge in [0.15, 0.2) is 0 Å². The zero-order chi connectivity index (χ0) is 13.1. The highest BCUT2D eigenvalue weighted by Gasteiger charge is 2.16. The molecule has 2 aromatic rings. The lowest BCUT2D eigenvalue weighted by Crippen LogP contribution is -2.09. The number of hydrogen-bond donors (Lipinski definition) is 1. The third-order valence-electron chi connectivity index (χ3n) is 3.48. The molecule has 1 aliphatic heterocycles. The summed E-state index contributed by atoms with van der Waals surface area (Å²) in [4.78, 5) is 4.46. The molecule has 1 unspecified atom stereocenters. The van der Waals surface area contributed by atoms with Gasteiger partial charge in [0.1, 0.15) is 0 Å². The second-order valence-corrected chi connectivity index (χ2v) is 5.84. The van der Waals surface area contributed by atoms with Crippen LogP contribution in [0.3, 0.4) is 0 Å². The number of aryl methyl sites for hydroxylation is 1. The average molecular weight is 359 g/mol. The molecule has 0 aliphatic carbocycles. The van der Waals surface area contributed by atoms with Crippen LogP contribution in [0, 0.1) is 5.92 Å². The molecule has 0 saturated carbocycles. The summed E-state index contributed by atoms with van der Waals surface area (Å²) in [7, 11) is 0. The third kappa shape index (κ3) is 3.81. The van der Waals surface area contributed by atoms with Gasteiger partial charge in [-0.1, -0.05) is 33.2 Å². The fraction of sp³-hybridized carbons (Fsp3) is 0.429. The molecule has 0 amide bonds. The number of rotatable bonds is 4. The molecule has 4 nitrogen and oxygen atoms in total. The Labute approximate surface area is 132 Å². The summed E-state index contributed by atoms with van der Waals surface area (Å²) in [6, 6.07) is 7.94. The van der Waals surface area contributed by atoms with Crippen LogP contribution >= 0.6 is 28.3 Å². The van der Waals surface area contributed by atoms with Crippen molar-refractivity contribution in [3.05, 3.63) is 34.6 Å². The fourth-order valence-corrected chi connectivity index (χ4v) is 2.79. The number of nitrogens with zero attached hydrogens (tertiary/aromatic N) is 2. The Balaban J connectivity index is 0.00000147. The molecule has 1 fully saturated rings. The smallest absolute Gasteiger partial charge is 0.226 e. The van der Waals surface area contributed by atoms with E-state index in [2.05, 4.69) is 31.4 Å². The van der Waals surface area contributed by atoms with Crippen molar-refractivity contribution >= 4 is 28.3 Å². The van der Waals surface area contributed by atoms with Gasteiger partial charge in [0, 0.05) is 16.5 Å². The van der Waals surface area contributed by atoms with Gasteiger partial charge in [-0.05, 0) is 44.0 Å². The normalized spacial score (nSPS) is 17.9. The quantitative estimate of drug-likeness (QED) is 0.909. The Kier molecular flexibility index (Phi) is 5.57. The van der Waals surface area contributed by atoms with E-state index in [0.717, 1.165) is 47.8 Å². The van der Waals surface area contributed by atoms with Crippen molar-refractivity contribution in [1.29, 1.82) is 0 Å². The van der Waals surface area contributed by atoms with Crippen molar-refractivity contribution < 1.29 is 4.52 Å². The van der Waals surface area contributed by atoms with E-state index in [1.807, 2.05) is 24.3 Å². The van der Waals surface area contributed by atoms with Gasteiger partial charge in [-0.25, -0.2) is 0 Å². The molecule has 1 aromatic carbocycles. The van der Waals surface area contributed by atoms with E-state index in [4.69, 9.17) is 4.52 Å². The molecule has 1 aromatic heterocycles. The topological polar surface area (TPSA) is 51.0 Å². The molecular weight excluding hydrogens is 342 g/mol. The van der Waals surface area contributed by atoms with Crippen molar-refractivity contribution in [3.8, 4) is 11.4 Å². The lowest BCUT2D eigenvalue weighted by Gasteiger charge is -2.03. The van der Waals surface area contributed by atoms with Gasteiger partial charge >= 0.3 is 0 Å². The minimum atomic E-state index is 0. The molecular formula is C14H17BrClN3O. The molecule has 1 aliphatic rings. The van der Waals surface area contributed by atoms with Crippen LogP contribution < -0.4 is 5.32 Å². The van der Waals surface area contributed by atoms with E-state index < -0.39 is 0 Å². The number of hydrogen-bond acceptors (Lipinski definition) is 4. The van der Waals surface area contributed by atoms with Gasteiger partial charge in [0.2, 0.25) is 11.7 Å². The van der Waals surface area contributed by atoms with Crippen molar-refractivity contribution in [2.75, 3.05) is 13.1 Å². The molecule has 0 radical (unpaired) electrons. The minimum absolute atomic E-state index is 0. The Morgan fingerprint density at radius 2 is 2.30 bits per heavy atom. The SMILES string of the molecule is Brc1cccc(-c2noc(CCC3CCNC3)n2)c1.Cl. The first-order valence-corrected chi connectivity index (χ1v) is 7.40. The Bertz CT molecular complexity index is 555. The largest absolute Gasteiger partial charge is 0.339 e. The Morgan fingerprint density at radius 1 is 1.40 bits per heavy atom. The molecule has 1 N–H and O–H groups in total. The zero-order valence-electron chi connectivity index (χ0n) is 11.0. The molecule has 1 saturated heterocycles. The van der Waals surface area contributed by atoms with Crippen LogP contribution in [0.2, 0.25) is 0 Å². The lowest BCUT2D eigenvalue weighted by molar-refractivity contribution is 0.365. The van der Waals surface area contributed by atoms with Crippen LogP contribution in [0.5, 0.6) is 0 Å². The van der Waals surface area contributed by atoms with Crippen LogP contribution in [-0.2, 0) is 6.42 Å². The summed E-state index contributed by atoms with van der Waals surface area (Å²) in [5.74, 6) is 2.16. The first kappa shape index (κ1) is 15.5. The second-order valence-electron chi connectivity index (χ2n) is 4.92. The molecule has 1 atom stereocenters. The van der Waals surface area contributed by atoms with Crippen molar-refractivity contribution in [2.45, 2.75) is 19.3 Å². The molecule has 108 valence electrons. The predicted octanol–water partition coefficient (Wildman–Crippen LogP) is 3.46. The average Bonchev–Trinajstić information content (AvgIpc) is 3.08. The number of halogens is 2. The molecule has 0 spiro atoms. The highest BCUT2D eigenvalue weighted by atomic mass is 79.9. The summed E-state index contributed by atoms with van der Waals surface area (Å²) in [5.41, 5.74) is 0.979. The lowest BCUT2D eigenvalue weighted by atomic mass is 10.0. The maximum atomic E-state index is 5.32. The van der Waals surface area contributed by atoms with Gasteiger partial charge in [-0.2, -0.15) is 4.98 Å². The third-order valence-corrected chi connectivity index (χ3v) is 3.97. The van der Waals surface area contributed by atoms with E-state index in [0.29, 0.717) is 5.82 Å². The highest BCUT2D eigenvalue weighted by Crippen LogP contribution is 2.21. The molecule has 6 heteroatoms. The van der Waals surface area contributed by atoms with Crippen LogP contribution in [0.15, 0.2) is 33.3 Å². The first-order chi connectivity index (χ1) is 9.31. The molecule has 0 bridgehead atoms. The summed E-state index contributed by atoms with van der Waals surface area (Å²) in [5, 5.41) is 7.42. The molecule has 20 heavy (non-hydrogen) atoms. The van der Waals surface area contributed by atoms with Gasteiger partial charge in [-0.3, -0.25) is 0 Å². The monoisotopic (exact) mass is 357 g/mol. The van der Waals surface area contributed by atoms with Crippen molar-refractivity contribution in [2.24, 2.45) is 5.92 Å². The van der Waals surface area contributed by atoms with E-state index in [1.165, 1.54) is 6.42 Å². The minimum Gasteiger partial charge on any atom is -0.339 e. The number of benzene rings is 1. The van der Waals surface area contributed by atoms with Crippen LogP contribution in [0.1, 0.15) is 18.7 Å². The van der Waals surface area contributed by atoms with Crippen LogP contribution in [0.25, 0.3) is 11.4 Å². The zero-order valence-corrected chi connectivity index (χ0v) is 13.4. The summed E-state index contributed by atoms with van der Waals surface area (Å²) in [6.07, 6.45) is 3.24. The predicted molar refractivity (Wildman–Crippen MR) is 84.0 cm³/mol. The maximum absolute atomic E-state index is 5.32. The fourth-order valence-electron chi connectivity index (χ4n) is 2.39. The first-order valence-electron chi connectivity index (χ1n) is 6.60. The molecule has 3 rings (SSSR count). The van der Waals surface area contributed by atoms with Gasteiger partial charge in [0.05, 0.1) is 0 Å². The molecule has 2 heterocycles. The van der Waals surface area contributed by atoms with Crippen LogP contribution in [-0.4, -0.2) is 23.2 Å². The van der Waals surface area contributed by atoms with Gasteiger partial charge in [0.25, 0.3) is 0 Å². The number of aromatic nitrogens is 2. The standard InChI is InChI=1S/C14H16BrN3O.ClH/c15-12-3-1-2-11(8-12)14-17-13(19-18-14)5-4-10-6-7-16-9-10;/h1-3,8,10,16H,4-7,9H2;1H. The maximum Gasteiger partial charge on any atom is 0.226 e. The van der Waals surface area contributed by atoms with Gasteiger partial charge in [-0.15, -0.1) is 12.4 Å². The number of nitrogens with one attached hydrogen (secondary N) is 1. The van der Waals surface area contributed by atoms with Gasteiger partial charge < -0.3 is 9.84 Å². The summed E-state index contributed by atoms with van der Waals surface area (Å²) < 4.78 is 6.34. The van der Waals surface area contributed by atoms with E-state index in [1.54, 1.807) is 0 Å². The Morgan fingerprint density at radius 3 is 3.05 bits per heavy atom. The Hall–Kier alpha value is -0.910. The van der Waals surface area contributed by atoms with E-state index in [9.17, 15) is 0 Å². The highest BCUT2D eigenvalue weighted by molar-refractivity contribution is 9.10. The second kappa shape index (κ2) is 7.20. The van der Waals surface area contributed by atoms with Crippen LogP contribution in [0.4, 0.5) is 0 Å². The van der Waals surface area contributed by atoms with E-state index >= 15 is 0 Å². The van der Waals surface area contributed by atoms with Crippen molar-refractivity contribution in [3.63, 3.8) is 0 Å². The van der Waals surface area contributed by atoms with E-state index in [-0.39, 0.29) is 12.4 Å². The summed E-state index contributed by atoms with van der Waals surface area (Å²) in [6.45, 7) is 2.25. The summed E-state index contributed by atoms with van der Waals surface area (Å²) >= 11 is 3.45.